The third-order valence-corrected chi connectivity index (χ3v) is 8.37. The van der Waals surface area contributed by atoms with Crippen LogP contribution in [0.5, 0.6) is 0 Å². The van der Waals surface area contributed by atoms with Gasteiger partial charge in [0.1, 0.15) is 5.37 Å². The number of piperazine rings is 1. The van der Waals surface area contributed by atoms with Crippen LogP contribution in [-0.4, -0.2) is 71.2 Å². The van der Waals surface area contributed by atoms with Crippen LogP contribution in [0, 0.1) is 6.92 Å². The van der Waals surface area contributed by atoms with E-state index < -0.39 is 11.7 Å². The topological polar surface area (TPSA) is 55.9 Å². The molecule has 0 aliphatic carbocycles. The molecule has 1 N–H and O–H groups in total. The Hall–Kier alpha value is -2.72. The van der Waals surface area contributed by atoms with Crippen molar-refractivity contribution in [2.45, 2.75) is 37.1 Å². The highest BCUT2D eigenvalue weighted by molar-refractivity contribution is 8.01. The van der Waals surface area contributed by atoms with Crippen LogP contribution in [-0.2, 0) is 11.0 Å². The molecule has 194 valence electrons. The lowest BCUT2D eigenvalue weighted by Crippen LogP contribution is -2.51. The van der Waals surface area contributed by atoms with E-state index in [9.17, 15) is 22.8 Å². The molecule has 0 aromatic heterocycles. The maximum absolute atomic E-state index is 13.1. The fraction of sp³-hybridized carbons (Fsp3) is 0.462. The number of amides is 3. The first-order valence-corrected chi connectivity index (χ1v) is 13.1. The van der Waals surface area contributed by atoms with E-state index in [0.29, 0.717) is 38.4 Å². The minimum absolute atomic E-state index is 0.0134. The normalized spacial score (nSPS) is 21.2. The molecule has 2 aromatic carbocycles. The van der Waals surface area contributed by atoms with E-state index in [4.69, 9.17) is 0 Å². The molecule has 10 heteroatoms. The lowest BCUT2D eigenvalue weighted by Gasteiger charge is -2.36. The van der Waals surface area contributed by atoms with E-state index in [0.717, 1.165) is 25.1 Å². The van der Waals surface area contributed by atoms with Gasteiger partial charge in [0, 0.05) is 45.0 Å². The fourth-order valence-electron chi connectivity index (χ4n) is 4.56. The molecule has 0 radical (unpaired) electrons. The highest BCUT2D eigenvalue weighted by Gasteiger charge is 2.40. The number of carbonyl (C=O) groups excluding carboxylic acids is 2. The summed E-state index contributed by atoms with van der Waals surface area (Å²) in [5.74, 6) is 0.185. The van der Waals surface area contributed by atoms with Crippen molar-refractivity contribution in [2.75, 3.05) is 44.6 Å². The second kappa shape index (κ2) is 11.1. The zero-order valence-corrected chi connectivity index (χ0v) is 21.2. The van der Waals surface area contributed by atoms with Gasteiger partial charge in [0.15, 0.2) is 0 Å². The molecule has 2 fully saturated rings. The summed E-state index contributed by atoms with van der Waals surface area (Å²) in [6, 6.07) is 12.3. The number of nitrogens with zero attached hydrogens (tertiary/aromatic N) is 3. The Morgan fingerprint density at radius 2 is 1.69 bits per heavy atom. The molecule has 6 nitrogen and oxygen atoms in total. The van der Waals surface area contributed by atoms with Gasteiger partial charge in [0.2, 0.25) is 5.91 Å². The molecule has 2 aliphatic heterocycles. The molecule has 3 amide bonds. The third kappa shape index (κ3) is 5.98. The van der Waals surface area contributed by atoms with Gasteiger partial charge in [-0.05, 0) is 48.7 Å². The number of aryl methyl sites for hydroxylation is 1. The Morgan fingerprint density at radius 1 is 1.03 bits per heavy atom. The highest BCUT2D eigenvalue weighted by atomic mass is 32.2. The summed E-state index contributed by atoms with van der Waals surface area (Å²) in [6.07, 6.45) is -3.61. The van der Waals surface area contributed by atoms with Gasteiger partial charge in [-0.1, -0.05) is 31.2 Å². The van der Waals surface area contributed by atoms with Crippen molar-refractivity contribution in [1.82, 2.24) is 14.7 Å². The van der Waals surface area contributed by atoms with Gasteiger partial charge in [0.25, 0.3) is 0 Å². The summed E-state index contributed by atoms with van der Waals surface area (Å²) >= 11 is 1.72. The first kappa shape index (κ1) is 26.3. The first-order valence-electron chi connectivity index (χ1n) is 12.1. The average Bonchev–Trinajstić information content (AvgIpc) is 3.18. The molecule has 2 aliphatic rings. The minimum Gasteiger partial charge on any atom is -0.324 e. The second-order valence-corrected chi connectivity index (χ2v) is 10.4. The van der Waals surface area contributed by atoms with E-state index in [-0.39, 0.29) is 22.6 Å². The molecule has 4 rings (SSSR count). The van der Waals surface area contributed by atoms with Gasteiger partial charge in [-0.25, -0.2) is 4.79 Å². The molecular formula is C26H31F3N4O2S. The van der Waals surface area contributed by atoms with Crippen LogP contribution in [0.25, 0.3) is 0 Å². The van der Waals surface area contributed by atoms with Crippen LogP contribution in [0.4, 0.5) is 23.7 Å². The van der Waals surface area contributed by atoms with Crippen molar-refractivity contribution < 1.29 is 22.8 Å². The van der Waals surface area contributed by atoms with E-state index in [2.05, 4.69) is 29.3 Å². The summed E-state index contributed by atoms with van der Waals surface area (Å²) in [4.78, 5) is 31.5. The summed E-state index contributed by atoms with van der Waals surface area (Å²) in [5, 5.41) is 2.66. The maximum Gasteiger partial charge on any atom is 0.416 e. The molecule has 2 heterocycles. The Kier molecular flexibility index (Phi) is 8.14. The molecule has 0 bridgehead atoms. The standard InChI is InChI=1S/C26H31F3N4O2S/c1-3-22-23(34)33(24(36-22)21-7-5-4-6-18(21)2)17-14-31-12-15-32(16-13-31)25(35)30-20-10-8-19(9-11-20)26(27,28)29/h4-11,22,24H,3,12-17H2,1-2H3,(H,30,35). The Bertz CT molecular complexity index is 1070. The van der Waals surface area contributed by atoms with Crippen molar-refractivity contribution in [2.24, 2.45) is 0 Å². The SMILES string of the molecule is CCC1SC(c2ccccc2C)N(CCN2CCN(C(=O)Nc3ccc(C(F)(F)F)cc3)CC2)C1=O. The molecule has 2 atom stereocenters. The molecule has 0 saturated carbocycles. The van der Waals surface area contributed by atoms with Crippen LogP contribution in [0.1, 0.15) is 35.4 Å². The number of benzene rings is 2. The molecule has 36 heavy (non-hydrogen) atoms. The number of hydrogen-bond donors (Lipinski definition) is 1. The van der Waals surface area contributed by atoms with Gasteiger partial charge in [0.05, 0.1) is 10.8 Å². The number of carbonyl (C=O) groups is 2. The number of halogens is 3. The van der Waals surface area contributed by atoms with Crippen LogP contribution in [0.3, 0.4) is 0 Å². The monoisotopic (exact) mass is 520 g/mol. The minimum atomic E-state index is -4.41. The first-order chi connectivity index (χ1) is 17.2. The van der Waals surface area contributed by atoms with Crippen LogP contribution >= 0.6 is 11.8 Å². The van der Waals surface area contributed by atoms with Crippen molar-refractivity contribution in [3.63, 3.8) is 0 Å². The summed E-state index contributed by atoms with van der Waals surface area (Å²) in [6.45, 7) is 7.82. The Morgan fingerprint density at radius 3 is 2.31 bits per heavy atom. The zero-order valence-electron chi connectivity index (χ0n) is 20.4. The van der Waals surface area contributed by atoms with Gasteiger partial charge >= 0.3 is 12.2 Å². The van der Waals surface area contributed by atoms with E-state index >= 15 is 0 Å². The fourth-order valence-corrected chi connectivity index (χ4v) is 6.08. The average molecular weight is 521 g/mol. The lowest BCUT2D eigenvalue weighted by molar-refractivity contribution is -0.137. The molecular weight excluding hydrogens is 489 g/mol. The second-order valence-electron chi connectivity index (χ2n) is 9.11. The van der Waals surface area contributed by atoms with Gasteiger partial charge in [-0.15, -0.1) is 11.8 Å². The number of nitrogens with one attached hydrogen (secondary N) is 1. The quantitative estimate of drug-likeness (QED) is 0.568. The smallest absolute Gasteiger partial charge is 0.324 e. The van der Waals surface area contributed by atoms with Crippen molar-refractivity contribution >= 4 is 29.4 Å². The molecule has 0 spiro atoms. The number of rotatable bonds is 6. The van der Waals surface area contributed by atoms with Gasteiger partial charge in [-0.2, -0.15) is 13.2 Å². The predicted octanol–water partition coefficient (Wildman–Crippen LogP) is 5.22. The van der Waals surface area contributed by atoms with Gasteiger partial charge in [-0.3, -0.25) is 9.69 Å². The lowest BCUT2D eigenvalue weighted by atomic mass is 10.1. The van der Waals surface area contributed by atoms with E-state index in [1.165, 1.54) is 23.3 Å². The zero-order chi connectivity index (χ0) is 25.9. The van der Waals surface area contributed by atoms with Crippen LogP contribution in [0.15, 0.2) is 48.5 Å². The summed E-state index contributed by atoms with van der Waals surface area (Å²) in [7, 11) is 0. The van der Waals surface area contributed by atoms with Crippen LogP contribution in [0.2, 0.25) is 0 Å². The molecule has 2 saturated heterocycles. The number of alkyl halides is 3. The summed E-state index contributed by atoms with van der Waals surface area (Å²) in [5.41, 5.74) is 1.93. The van der Waals surface area contributed by atoms with Crippen molar-refractivity contribution in [1.29, 1.82) is 0 Å². The highest BCUT2D eigenvalue weighted by Crippen LogP contribution is 2.44. The number of anilines is 1. The number of thioether (sulfide) groups is 1. The summed E-state index contributed by atoms with van der Waals surface area (Å²) < 4.78 is 38.2. The predicted molar refractivity (Wildman–Crippen MR) is 136 cm³/mol. The molecule has 2 unspecified atom stereocenters. The Labute approximate surface area is 213 Å². The largest absolute Gasteiger partial charge is 0.416 e. The van der Waals surface area contributed by atoms with Crippen molar-refractivity contribution in [3.8, 4) is 0 Å². The van der Waals surface area contributed by atoms with Gasteiger partial charge < -0.3 is 15.1 Å². The van der Waals surface area contributed by atoms with E-state index in [1.54, 1.807) is 16.7 Å². The Balaban J connectivity index is 1.29. The van der Waals surface area contributed by atoms with Crippen molar-refractivity contribution in [3.05, 3.63) is 65.2 Å². The van der Waals surface area contributed by atoms with Crippen LogP contribution < -0.4 is 5.32 Å². The molecule has 2 aromatic rings. The third-order valence-electron chi connectivity index (χ3n) is 6.74. The number of urea groups is 1. The number of hydrogen-bond acceptors (Lipinski definition) is 4. The maximum atomic E-state index is 13.1. The van der Waals surface area contributed by atoms with E-state index in [1.807, 2.05) is 24.0 Å².